The third kappa shape index (κ3) is 9.46. The Morgan fingerprint density at radius 2 is 1.50 bits per heavy atom. The minimum atomic E-state index is -4.51. The normalized spacial score (nSPS) is 13.8. The highest BCUT2D eigenvalue weighted by Crippen LogP contribution is 2.39. The summed E-state index contributed by atoms with van der Waals surface area (Å²) in [5, 5.41) is 6.83. The number of nitrogens with one attached hydrogen (secondary N) is 3. The number of hydrogen-bond acceptors (Lipinski definition) is 6. The van der Waals surface area contributed by atoms with E-state index in [9.17, 15) is 23.7 Å². The van der Waals surface area contributed by atoms with Crippen LogP contribution in [0.5, 0.6) is 0 Å². The largest absolute Gasteiger partial charge is 0.445 e. The molecule has 5 N–H and O–H groups in total. The van der Waals surface area contributed by atoms with Crippen molar-refractivity contribution in [2.75, 3.05) is 13.6 Å². The van der Waals surface area contributed by atoms with Crippen molar-refractivity contribution in [1.82, 2.24) is 20.9 Å². The zero-order chi connectivity index (χ0) is 24.5. The molecule has 12 nitrogen and oxygen atoms in total. The highest BCUT2D eigenvalue weighted by atomic mass is 31.2. The molecule has 3 atom stereocenters. The van der Waals surface area contributed by atoms with Crippen LogP contribution in [0.4, 0.5) is 4.79 Å². The molecule has 1 rings (SSSR count). The van der Waals surface area contributed by atoms with Gasteiger partial charge in [-0.25, -0.2) is 4.79 Å². The summed E-state index contributed by atoms with van der Waals surface area (Å²) in [5.74, 6) is -3.53. The predicted octanol–water partition coefficient (Wildman–Crippen LogP) is -0.0957. The second-order valence-corrected chi connectivity index (χ2v) is 9.14. The van der Waals surface area contributed by atoms with Gasteiger partial charge >= 0.3 is 13.7 Å². The standard InChI is InChI=1S/C19H29N4O8P/c1-12(17(25)21-13(2)18(26)22-14(3)32(28,29)30)20-16(24)10-23(4)19(27)31-11-15-8-6-5-7-9-15/h5-9,12-14H,10-11H2,1-4H3,(H,20,24)(H,21,25)(H,22,26)(H2,28,29,30)/t12-,13-,14+/m0/s1. The highest BCUT2D eigenvalue weighted by Gasteiger charge is 2.28. The second kappa shape index (κ2) is 12.2. The van der Waals surface area contributed by atoms with E-state index in [1.165, 1.54) is 20.9 Å². The van der Waals surface area contributed by atoms with Crippen LogP contribution in [0.15, 0.2) is 30.3 Å². The van der Waals surface area contributed by atoms with Gasteiger partial charge in [0.25, 0.3) is 0 Å². The number of amides is 4. The fraction of sp³-hybridized carbons (Fsp3) is 0.474. The van der Waals surface area contributed by atoms with Crippen LogP contribution in [0.3, 0.4) is 0 Å². The van der Waals surface area contributed by atoms with Gasteiger partial charge in [-0.2, -0.15) is 0 Å². The summed E-state index contributed by atoms with van der Waals surface area (Å²) in [7, 11) is -3.14. The Morgan fingerprint density at radius 1 is 0.969 bits per heavy atom. The Balaban J connectivity index is 2.44. The van der Waals surface area contributed by atoms with Gasteiger partial charge in [0.2, 0.25) is 17.7 Å². The number of ether oxygens (including phenoxy) is 1. The molecule has 0 aliphatic rings. The van der Waals surface area contributed by atoms with E-state index in [1.807, 2.05) is 6.07 Å². The van der Waals surface area contributed by atoms with E-state index in [-0.39, 0.29) is 13.2 Å². The topological polar surface area (TPSA) is 174 Å². The fourth-order valence-electron chi connectivity index (χ4n) is 2.28. The molecule has 1 aromatic carbocycles. The van der Waals surface area contributed by atoms with Crippen molar-refractivity contribution in [3.05, 3.63) is 35.9 Å². The molecule has 0 aliphatic heterocycles. The third-order valence-electron chi connectivity index (χ3n) is 4.28. The lowest BCUT2D eigenvalue weighted by Crippen LogP contribution is -2.53. The summed E-state index contributed by atoms with van der Waals surface area (Å²) in [6.45, 7) is 3.53. The Morgan fingerprint density at radius 3 is 2.06 bits per heavy atom. The van der Waals surface area contributed by atoms with Gasteiger partial charge in [-0.1, -0.05) is 30.3 Å². The molecule has 0 spiro atoms. The Labute approximate surface area is 185 Å². The highest BCUT2D eigenvalue weighted by molar-refractivity contribution is 7.52. The summed E-state index contributed by atoms with van der Waals surface area (Å²) in [4.78, 5) is 67.3. The van der Waals surface area contributed by atoms with Gasteiger partial charge in [-0.05, 0) is 26.3 Å². The lowest BCUT2D eigenvalue weighted by atomic mass is 10.2. The summed E-state index contributed by atoms with van der Waals surface area (Å²) < 4.78 is 16.2. The van der Waals surface area contributed by atoms with Gasteiger partial charge in [0, 0.05) is 7.05 Å². The lowest BCUT2D eigenvalue weighted by Gasteiger charge is -2.22. The number of hydrogen-bond donors (Lipinski definition) is 5. The van der Waals surface area contributed by atoms with Crippen molar-refractivity contribution in [3.8, 4) is 0 Å². The zero-order valence-corrected chi connectivity index (χ0v) is 19.2. The molecule has 32 heavy (non-hydrogen) atoms. The van der Waals surface area contributed by atoms with Crippen LogP contribution in [0.2, 0.25) is 0 Å². The van der Waals surface area contributed by atoms with Crippen LogP contribution in [-0.4, -0.2) is 70.0 Å². The average Bonchev–Trinajstić information content (AvgIpc) is 2.71. The summed E-state index contributed by atoms with van der Waals surface area (Å²) in [5.41, 5.74) is 0.789. The molecule has 1 aromatic rings. The molecule has 0 aliphatic carbocycles. The smallest absolute Gasteiger partial charge is 0.410 e. The van der Waals surface area contributed by atoms with E-state index in [2.05, 4.69) is 16.0 Å². The summed E-state index contributed by atoms with van der Waals surface area (Å²) in [6.07, 6.45) is -0.717. The van der Waals surface area contributed by atoms with Crippen LogP contribution >= 0.6 is 7.60 Å². The van der Waals surface area contributed by atoms with Crippen LogP contribution in [0.1, 0.15) is 26.3 Å². The van der Waals surface area contributed by atoms with Gasteiger partial charge in [0.1, 0.15) is 31.0 Å². The molecule has 0 heterocycles. The molecular weight excluding hydrogens is 443 g/mol. The molecule has 0 fully saturated rings. The van der Waals surface area contributed by atoms with Crippen LogP contribution < -0.4 is 16.0 Å². The van der Waals surface area contributed by atoms with E-state index in [0.29, 0.717) is 0 Å². The summed E-state index contributed by atoms with van der Waals surface area (Å²) >= 11 is 0. The van der Waals surface area contributed by atoms with Crippen LogP contribution in [0, 0.1) is 0 Å². The Kier molecular flexibility index (Phi) is 10.3. The molecule has 0 bridgehead atoms. The molecule has 178 valence electrons. The summed E-state index contributed by atoms with van der Waals surface area (Å²) in [6, 6.07) is 6.86. The second-order valence-electron chi connectivity index (χ2n) is 7.19. The van der Waals surface area contributed by atoms with Crippen molar-refractivity contribution in [2.24, 2.45) is 0 Å². The first kappa shape index (κ1) is 27.1. The first-order valence-corrected chi connectivity index (χ1v) is 11.4. The average molecular weight is 472 g/mol. The number of carbonyl (C=O) groups excluding carboxylic acids is 4. The predicted molar refractivity (Wildman–Crippen MR) is 114 cm³/mol. The first-order valence-electron chi connectivity index (χ1n) is 9.68. The quantitative estimate of drug-likeness (QED) is 0.294. The molecule has 0 radical (unpaired) electrons. The van der Waals surface area contributed by atoms with Crippen molar-refractivity contribution < 1.29 is 38.3 Å². The molecule has 13 heteroatoms. The van der Waals surface area contributed by atoms with Crippen molar-refractivity contribution in [2.45, 2.75) is 45.2 Å². The fourth-order valence-corrected chi connectivity index (χ4v) is 2.58. The SMILES string of the molecule is C[C@H](NC(=O)CN(C)C(=O)OCc1ccccc1)C(=O)N[C@@H](C)C(=O)N[C@@H](C)P(=O)(O)O. The maximum atomic E-state index is 12.2. The number of carbonyl (C=O) groups is 4. The zero-order valence-electron chi connectivity index (χ0n) is 18.3. The van der Waals surface area contributed by atoms with Crippen molar-refractivity contribution >= 4 is 31.4 Å². The van der Waals surface area contributed by atoms with Gasteiger partial charge in [-0.15, -0.1) is 0 Å². The number of nitrogens with zero attached hydrogens (tertiary/aromatic N) is 1. The van der Waals surface area contributed by atoms with E-state index < -0.39 is 49.3 Å². The van der Waals surface area contributed by atoms with Crippen molar-refractivity contribution in [3.63, 3.8) is 0 Å². The molecule has 0 saturated carbocycles. The number of likely N-dealkylation sites (N-methyl/N-ethyl adjacent to an activating group) is 1. The van der Waals surface area contributed by atoms with Gasteiger partial charge in [0.15, 0.2) is 0 Å². The minimum Gasteiger partial charge on any atom is -0.445 e. The third-order valence-corrected chi connectivity index (χ3v) is 5.41. The van der Waals surface area contributed by atoms with E-state index in [0.717, 1.165) is 17.4 Å². The minimum absolute atomic E-state index is 0.0467. The van der Waals surface area contributed by atoms with Gasteiger partial charge < -0.3 is 35.4 Å². The van der Waals surface area contributed by atoms with Crippen LogP contribution in [-0.2, 0) is 30.3 Å². The van der Waals surface area contributed by atoms with Gasteiger partial charge in [0.05, 0.1) is 0 Å². The molecule has 0 aromatic heterocycles. The Hall–Kier alpha value is -2.95. The van der Waals surface area contributed by atoms with E-state index in [4.69, 9.17) is 14.5 Å². The van der Waals surface area contributed by atoms with E-state index in [1.54, 1.807) is 24.3 Å². The lowest BCUT2D eigenvalue weighted by molar-refractivity contribution is -0.131. The number of rotatable bonds is 10. The van der Waals surface area contributed by atoms with Gasteiger partial charge in [-0.3, -0.25) is 18.9 Å². The molecule has 0 unspecified atom stereocenters. The Bertz CT molecular complexity index is 860. The maximum Gasteiger partial charge on any atom is 0.410 e. The molecular formula is C19H29N4O8P. The van der Waals surface area contributed by atoms with Crippen molar-refractivity contribution in [1.29, 1.82) is 0 Å². The maximum absolute atomic E-state index is 12.2. The van der Waals surface area contributed by atoms with Crippen LogP contribution in [0.25, 0.3) is 0 Å². The molecule has 0 saturated heterocycles. The van der Waals surface area contributed by atoms with E-state index >= 15 is 0 Å². The molecule has 4 amide bonds. The first-order chi connectivity index (χ1) is 14.8. The number of benzene rings is 1. The monoisotopic (exact) mass is 472 g/mol.